The van der Waals surface area contributed by atoms with E-state index in [1.165, 1.54) is 6.07 Å². The third-order valence-corrected chi connectivity index (χ3v) is 2.80. The highest BCUT2D eigenvalue weighted by Crippen LogP contribution is 2.18. The van der Waals surface area contributed by atoms with E-state index in [-0.39, 0.29) is 11.1 Å². The van der Waals surface area contributed by atoms with Crippen LogP contribution in [0, 0.1) is 11.3 Å². The van der Waals surface area contributed by atoms with Crippen LogP contribution in [-0.2, 0) is 0 Å². The molecule has 0 spiro atoms. The number of amides is 1. The van der Waals surface area contributed by atoms with Gasteiger partial charge in [-0.15, -0.1) is 0 Å². The summed E-state index contributed by atoms with van der Waals surface area (Å²) in [6, 6.07) is 11.8. The number of aromatic nitrogens is 1. The number of carbonyl (C=O) groups is 1. The lowest BCUT2D eigenvalue weighted by atomic mass is 10.2. The minimum atomic E-state index is -0.353. The molecule has 100 valence electrons. The van der Waals surface area contributed by atoms with E-state index in [4.69, 9.17) is 16.9 Å². The molecule has 0 unspecified atom stereocenters. The van der Waals surface area contributed by atoms with Crippen molar-refractivity contribution in [3.8, 4) is 6.07 Å². The Morgan fingerprint density at radius 2 is 2.10 bits per heavy atom. The second-order valence-corrected chi connectivity index (χ2v) is 4.31. The fourth-order valence-corrected chi connectivity index (χ4v) is 1.85. The zero-order valence-corrected chi connectivity index (χ0v) is 11.4. The number of nitriles is 1. The predicted molar refractivity (Wildman–Crippen MR) is 77.9 cm³/mol. The van der Waals surface area contributed by atoms with Gasteiger partial charge in [-0.25, -0.2) is 4.98 Å². The van der Waals surface area contributed by atoms with Crippen molar-refractivity contribution in [3.05, 3.63) is 52.7 Å². The summed E-state index contributed by atoms with van der Waals surface area (Å²) >= 11 is 5.85. The van der Waals surface area contributed by atoms with Gasteiger partial charge in [-0.1, -0.05) is 23.7 Å². The van der Waals surface area contributed by atoms with E-state index < -0.39 is 0 Å². The maximum atomic E-state index is 12.2. The average molecular weight is 287 g/mol. The molecular weight excluding hydrogens is 276 g/mol. The molecular formula is C14H11ClN4O. The van der Waals surface area contributed by atoms with Crippen molar-refractivity contribution in [2.45, 2.75) is 0 Å². The number of anilines is 2. The summed E-state index contributed by atoms with van der Waals surface area (Å²) in [5.41, 5.74) is 1.22. The third-order valence-electron chi connectivity index (χ3n) is 2.61. The van der Waals surface area contributed by atoms with E-state index >= 15 is 0 Å². The van der Waals surface area contributed by atoms with Crippen molar-refractivity contribution >= 4 is 29.0 Å². The monoisotopic (exact) mass is 286 g/mol. The molecule has 0 saturated heterocycles. The van der Waals surface area contributed by atoms with Crippen LogP contribution < -0.4 is 10.6 Å². The molecule has 0 fully saturated rings. The first kappa shape index (κ1) is 13.8. The van der Waals surface area contributed by atoms with Gasteiger partial charge < -0.3 is 10.6 Å². The summed E-state index contributed by atoms with van der Waals surface area (Å²) in [5.74, 6) is 0.143. The molecule has 0 bridgehead atoms. The second kappa shape index (κ2) is 6.04. The van der Waals surface area contributed by atoms with Crippen molar-refractivity contribution < 1.29 is 4.79 Å². The maximum absolute atomic E-state index is 12.2. The van der Waals surface area contributed by atoms with Crippen molar-refractivity contribution in [1.82, 2.24) is 4.98 Å². The number of pyridine rings is 1. The SMILES string of the molecule is CNc1cc(C(=O)Nc2ccccc2C#N)cc(Cl)n1. The van der Waals surface area contributed by atoms with Crippen molar-refractivity contribution in [2.75, 3.05) is 17.7 Å². The Balaban J connectivity index is 2.29. The van der Waals surface area contributed by atoms with Crippen molar-refractivity contribution in [1.29, 1.82) is 5.26 Å². The molecule has 0 aliphatic carbocycles. The van der Waals surface area contributed by atoms with Gasteiger partial charge >= 0.3 is 0 Å². The van der Waals surface area contributed by atoms with E-state index in [1.807, 2.05) is 6.07 Å². The van der Waals surface area contributed by atoms with Crippen LogP contribution in [0.4, 0.5) is 11.5 Å². The van der Waals surface area contributed by atoms with Crippen LogP contribution in [0.1, 0.15) is 15.9 Å². The Hall–Kier alpha value is -2.58. The summed E-state index contributed by atoms with van der Waals surface area (Å²) in [7, 11) is 1.69. The first-order valence-corrected chi connectivity index (χ1v) is 6.17. The summed E-state index contributed by atoms with van der Waals surface area (Å²) in [5, 5.41) is 14.7. The topological polar surface area (TPSA) is 77.8 Å². The van der Waals surface area contributed by atoms with Gasteiger partial charge in [0.25, 0.3) is 5.91 Å². The molecule has 0 aliphatic heterocycles. The van der Waals surface area contributed by atoms with Gasteiger partial charge in [-0.3, -0.25) is 4.79 Å². The molecule has 6 heteroatoms. The van der Waals surface area contributed by atoms with Crippen molar-refractivity contribution in [2.24, 2.45) is 0 Å². The minimum Gasteiger partial charge on any atom is -0.373 e. The van der Waals surface area contributed by atoms with Crippen LogP contribution in [0.5, 0.6) is 0 Å². The molecule has 1 heterocycles. The van der Waals surface area contributed by atoms with Crippen LogP contribution in [0.2, 0.25) is 5.15 Å². The number of benzene rings is 1. The fourth-order valence-electron chi connectivity index (χ4n) is 1.64. The number of hydrogen-bond acceptors (Lipinski definition) is 4. The molecule has 0 radical (unpaired) electrons. The minimum absolute atomic E-state index is 0.218. The lowest BCUT2D eigenvalue weighted by Gasteiger charge is -2.08. The average Bonchev–Trinajstić information content (AvgIpc) is 2.47. The van der Waals surface area contributed by atoms with E-state index in [0.29, 0.717) is 22.6 Å². The first-order chi connectivity index (χ1) is 9.63. The van der Waals surface area contributed by atoms with E-state index in [9.17, 15) is 4.79 Å². The fraction of sp³-hybridized carbons (Fsp3) is 0.0714. The molecule has 5 nitrogen and oxygen atoms in total. The molecule has 0 atom stereocenters. The number of halogens is 1. The number of nitrogens with one attached hydrogen (secondary N) is 2. The number of nitrogens with zero attached hydrogens (tertiary/aromatic N) is 2. The molecule has 1 aromatic carbocycles. The van der Waals surface area contributed by atoms with Gasteiger partial charge in [0.2, 0.25) is 0 Å². The largest absolute Gasteiger partial charge is 0.373 e. The van der Waals surface area contributed by atoms with E-state index in [1.54, 1.807) is 37.4 Å². The predicted octanol–water partition coefficient (Wildman–Crippen LogP) is 2.90. The molecule has 1 amide bonds. The molecule has 0 aliphatic rings. The zero-order chi connectivity index (χ0) is 14.5. The van der Waals surface area contributed by atoms with Gasteiger partial charge in [0.05, 0.1) is 11.3 Å². The number of carbonyl (C=O) groups excluding carboxylic acids is 1. The summed E-state index contributed by atoms with van der Waals surface area (Å²) in [4.78, 5) is 16.2. The normalized spacial score (nSPS) is 9.65. The van der Waals surface area contributed by atoms with Gasteiger partial charge in [-0.05, 0) is 24.3 Å². The Labute approximate surface area is 121 Å². The lowest BCUT2D eigenvalue weighted by Crippen LogP contribution is -2.13. The highest BCUT2D eigenvalue weighted by atomic mass is 35.5. The van der Waals surface area contributed by atoms with Gasteiger partial charge in [-0.2, -0.15) is 5.26 Å². The molecule has 0 saturated carbocycles. The van der Waals surface area contributed by atoms with Crippen molar-refractivity contribution in [3.63, 3.8) is 0 Å². The van der Waals surface area contributed by atoms with Crippen LogP contribution in [0.15, 0.2) is 36.4 Å². The van der Waals surface area contributed by atoms with Gasteiger partial charge in [0.15, 0.2) is 0 Å². The summed E-state index contributed by atoms with van der Waals surface area (Å²) in [6.07, 6.45) is 0. The summed E-state index contributed by atoms with van der Waals surface area (Å²) < 4.78 is 0. The van der Waals surface area contributed by atoms with Gasteiger partial charge in [0.1, 0.15) is 17.0 Å². The Bertz CT molecular complexity index is 694. The molecule has 1 aromatic heterocycles. The standard InChI is InChI=1S/C14H11ClN4O/c1-17-13-7-10(6-12(15)19-13)14(20)18-11-5-3-2-4-9(11)8-16/h2-7H,1H3,(H,17,19)(H,18,20). The maximum Gasteiger partial charge on any atom is 0.255 e. The van der Waals surface area contributed by atoms with Crippen LogP contribution in [-0.4, -0.2) is 17.9 Å². The number of para-hydroxylation sites is 1. The van der Waals surface area contributed by atoms with E-state index in [0.717, 1.165) is 0 Å². The quantitative estimate of drug-likeness (QED) is 0.851. The number of hydrogen-bond donors (Lipinski definition) is 2. The zero-order valence-electron chi connectivity index (χ0n) is 10.6. The van der Waals surface area contributed by atoms with Crippen LogP contribution in [0.25, 0.3) is 0 Å². The highest BCUT2D eigenvalue weighted by molar-refractivity contribution is 6.30. The first-order valence-electron chi connectivity index (χ1n) is 5.80. The number of rotatable bonds is 3. The third kappa shape index (κ3) is 3.05. The molecule has 20 heavy (non-hydrogen) atoms. The molecule has 2 N–H and O–H groups in total. The molecule has 2 rings (SSSR count). The Morgan fingerprint density at radius 3 is 2.80 bits per heavy atom. The Morgan fingerprint density at radius 1 is 1.35 bits per heavy atom. The lowest BCUT2D eigenvalue weighted by molar-refractivity contribution is 0.102. The van der Waals surface area contributed by atoms with Gasteiger partial charge in [0, 0.05) is 12.6 Å². The molecule has 2 aromatic rings. The van der Waals surface area contributed by atoms with E-state index in [2.05, 4.69) is 15.6 Å². The smallest absolute Gasteiger partial charge is 0.255 e. The highest BCUT2D eigenvalue weighted by Gasteiger charge is 2.11. The Kier molecular flexibility index (Phi) is 4.18. The van der Waals surface area contributed by atoms with Crippen LogP contribution in [0.3, 0.4) is 0 Å². The second-order valence-electron chi connectivity index (χ2n) is 3.93. The summed E-state index contributed by atoms with van der Waals surface area (Å²) in [6.45, 7) is 0. The van der Waals surface area contributed by atoms with Crippen LogP contribution >= 0.6 is 11.6 Å².